The van der Waals surface area contributed by atoms with Gasteiger partial charge in [0.2, 0.25) is 0 Å². The van der Waals surface area contributed by atoms with Gasteiger partial charge in [-0.25, -0.2) is 4.39 Å². The fraction of sp³-hybridized carbons (Fsp3) is 0.455. The molecule has 0 aliphatic carbocycles. The highest BCUT2D eigenvalue weighted by atomic mass is 19.1. The van der Waals surface area contributed by atoms with Crippen molar-refractivity contribution in [2.45, 2.75) is 19.4 Å². The minimum Gasteiger partial charge on any atom is -0.379 e. The number of rotatable bonds is 0. The Labute approximate surface area is 83.7 Å². The highest BCUT2D eigenvalue weighted by Crippen LogP contribution is 2.36. The molecule has 1 aromatic rings. The molecule has 14 heavy (non-hydrogen) atoms. The highest BCUT2D eigenvalue weighted by molar-refractivity contribution is 5.73. The molecule has 0 spiro atoms. The summed E-state index contributed by atoms with van der Waals surface area (Å²) in [5, 5.41) is 3.13. The molecule has 1 aliphatic rings. The first-order chi connectivity index (χ1) is 6.52. The van der Waals surface area contributed by atoms with Gasteiger partial charge in [-0.2, -0.15) is 0 Å². The lowest BCUT2D eigenvalue weighted by Crippen LogP contribution is -2.50. The first-order valence-corrected chi connectivity index (χ1v) is 4.78. The number of hydrogen-bond acceptors (Lipinski definition) is 2. The van der Waals surface area contributed by atoms with Crippen molar-refractivity contribution < 1.29 is 4.39 Å². The topological polar surface area (TPSA) is 15.3 Å². The summed E-state index contributed by atoms with van der Waals surface area (Å²) >= 11 is 0. The molecule has 1 aliphatic heterocycles. The number of anilines is 2. The second-order valence-electron chi connectivity index (χ2n) is 4.36. The van der Waals surface area contributed by atoms with Crippen LogP contribution in [-0.4, -0.2) is 19.1 Å². The number of hydrogen-bond donors (Lipinski definition) is 1. The lowest BCUT2D eigenvalue weighted by atomic mass is 9.98. The van der Waals surface area contributed by atoms with Gasteiger partial charge in [-0.15, -0.1) is 0 Å². The summed E-state index contributed by atoms with van der Waals surface area (Å²) in [5.41, 5.74) is 1.58. The first kappa shape index (κ1) is 9.31. The van der Waals surface area contributed by atoms with Crippen molar-refractivity contribution in [3.8, 4) is 0 Å². The van der Waals surface area contributed by atoms with E-state index >= 15 is 0 Å². The minimum atomic E-state index is -0.176. The standard InChI is InChI=1S/C11H15FN2/c1-11(2)7-13-10-8(12)5-4-6-9(10)14(11)3/h4-6,13H,7H2,1-3H3. The fourth-order valence-electron chi connectivity index (χ4n) is 1.72. The SMILES string of the molecule is CN1c2cccc(F)c2NCC1(C)C. The molecule has 0 radical (unpaired) electrons. The predicted octanol–water partition coefficient (Wildman–Crippen LogP) is 2.47. The van der Waals surface area contributed by atoms with Crippen molar-refractivity contribution in [2.24, 2.45) is 0 Å². The minimum absolute atomic E-state index is 0.0286. The maximum absolute atomic E-state index is 13.4. The van der Waals surface area contributed by atoms with Crippen LogP contribution in [0.25, 0.3) is 0 Å². The van der Waals surface area contributed by atoms with Crippen LogP contribution < -0.4 is 10.2 Å². The van der Waals surface area contributed by atoms with E-state index < -0.39 is 0 Å². The number of halogens is 1. The average Bonchev–Trinajstić information content (AvgIpc) is 2.13. The van der Waals surface area contributed by atoms with Crippen LogP contribution in [0.4, 0.5) is 15.8 Å². The van der Waals surface area contributed by atoms with E-state index in [0.717, 1.165) is 12.2 Å². The van der Waals surface area contributed by atoms with Gasteiger partial charge in [0.15, 0.2) is 0 Å². The number of fused-ring (bicyclic) bond motifs is 1. The number of nitrogens with zero attached hydrogens (tertiary/aromatic N) is 1. The summed E-state index contributed by atoms with van der Waals surface area (Å²) < 4.78 is 13.4. The Morgan fingerprint density at radius 2 is 2.14 bits per heavy atom. The summed E-state index contributed by atoms with van der Waals surface area (Å²) in [7, 11) is 2.00. The monoisotopic (exact) mass is 194 g/mol. The van der Waals surface area contributed by atoms with Crippen LogP contribution in [0.5, 0.6) is 0 Å². The second kappa shape index (κ2) is 2.87. The Bertz CT molecular complexity index is 360. The molecule has 2 rings (SSSR count). The van der Waals surface area contributed by atoms with Crippen molar-refractivity contribution in [1.82, 2.24) is 0 Å². The van der Waals surface area contributed by atoms with Crippen molar-refractivity contribution in [2.75, 3.05) is 23.8 Å². The lowest BCUT2D eigenvalue weighted by Gasteiger charge is -2.43. The van der Waals surface area contributed by atoms with Gasteiger partial charge in [-0.3, -0.25) is 0 Å². The summed E-state index contributed by atoms with van der Waals surface area (Å²) in [6.45, 7) is 5.03. The number of likely N-dealkylation sites (N-methyl/N-ethyl adjacent to an activating group) is 1. The Hall–Kier alpha value is -1.25. The zero-order chi connectivity index (χ0) is 10.3. The van der Waals surface area contributed by atoms with E-state index in [1.165, 1.54) is 6.07 Å². The van der Waals surface area contributed by atoms with Gasteiger partial charge in [0.05, 0.1) is 16.9 Å². The lowest BCUT2D eigenvalue weighted by molar-refractivity contribution is 0.497. The van der Waals surface area contributed by atoms with Crippen molar-refractivity contribution in [3.05, 3.63) is 24.0 Å². The van der Waals surface area contributed by atoms with E-state index in [4.69, 9.17) is 0 Å². The maximum atomic E-state index is 13.4. The van der Waals surface area contributed by atoms with E-state index in [2.05, 4.69) is 24.1 Å². The van der Waals surface area contributed by atoms with Gasteiger partial charge >= 0.3 is 0 Å². The van der Waals surface area contributed by atoms with Crippen molar-refractivity contribution in [1.29, 1.82) is 0 Å². The molecule has 2 nitrogen and oxygen atoms in total. The third-order valence-electron chi connectivity index (χ3n) is 2.96. The van der Waals surface area contributed by atoms with Gasteiger partial charge in [-0.05, 0) is 26.0 Å². The molecular weight excluding hydrogens is 179 g/mol. The molecule has 0 saturated heterocycles. The van der Waals surface area contributed by atoms with E-state index in [1.807, 2.05) is 13.1 Å². The molecule has 0 unspecified atom stereocenters. The zero-order valence-electron chi connectivity index (χ0n) is 8.76. The van der Waals surface area contributed by atoms with Crippen LogP contribution in [0.15, 0.2) is 18.2 Å². The van der Waals surface area contributed by atoms with E-state index in [0.29, 0.717) is 5.69 Å². The molecule has 0 saturated carbocycles. The van der Waals surface area contributed by atoms with Gasteiger partial charge in [0, 0.05) is 13.6 Å². The molecule has 0 bridgehead atoms. The average molecular weight is 194 g/mol. The molecule has 0 atom stereocenters. The summed E-state index contributed by atoms with van der Waals surface area (Å²) in [5.74, 6) is -0.176. The number of nitrogens with one attached hydrogen (secondary N) is 1. The first-order valence-electron chi connectivity index (χ1n) is 4.78. The van der Waals surface area contributed by atoms with Gasteiger partial charge in [0.1, 0.15) is 5.82 Å². The van der Waals surface area contributed by atoms with Crippen LogP contribution in [0.1, 0.15) is 13.8 Å². The van der Waals surface area contributed by atoms with Crippen LogP contribution >= 0.6 is 0 Å². The zero-order valence-corrected chi connectivity index (χ0v) is 8.76. The van der Waals surface area contributed by atoms with Gasteiger partial charge in [0.25, 0.3) is 0 Å². The smallest absolute Gasteiger partial charge is 0.148 e. The quantitative estimate of drug-likeness (QED) is 0.682. The maximum Gasteiger partial charge on any atom is 0.148 e. The number of para-hydroxylation sites is 1. The van der Waals surface area contributed by atoms with E-state index in [-0.39, 0.29) is 11.4 Å². The Kier molecular flexibility index (Phi) is 1.91. The van der Waals surface area contributed by atoms with Crippen LogP contribution in [-0.2, 0) is 0 Å². The number of benzene rings is 1. The summed E-state index contributed by atoms with van der Waals surface area (Å²) in [6.07, 6.45) is 0. The van der Waals surface area contributed by atoms with Crippen LogP contribution in [0.2, 0.25) is 0 Å². The molecular formula is C11H15FN2. The molecule has 1 heterocycles. The third kappa shape index (κ3) is 1.24. The van der Waals surface area contributed by atoms with Crippen molar-refractivity contribution >= 4 is 11.4 Å². The Morgan fingerprint density at radius 3 is 2.86 bits per heavy atom. The molecule has 0 fully saturated rings. The molecule has 1 aromatic carbocycles. The molecule has 0 aromatic heterocycles. The Morgan fingerprint density at radius 1 is 1.43 bits per heavy atom. The molecule has 76 valence electrons. The van der Waals surface area contributed by atoms with Crippen molar-refractivity contribution in [3.63, 3.8) is 0 Å². The summed E-state index contributed by atoms with van der Waals surface area (Å²) in [6, 6.07) is 5.16. The van der Waals surface area contributed by atoms with Gasteiger partial charge in [-0.1, -0.05) is 6.07 Å². The molecule has 0 amide bonds. The fourth-order valence-corrected chi connectivity index (χ4v) is 1.72. The molecule has 1 N–H and O–H groups in total. The third-order valence-corrected chi connectivity index (χ3v) is 2.96. The van der Waals surface area contributed by atoms with E-state index in [1.54, 1.807) is 6.07 Å². The Balaban J connectivity index is 2.51. The molecule has 3 heteroatoms. The highest BCUT2D eigenvalue weighted by Gasteiger charge is 2.30. The van der Waals surface area contributed by atoms with Gasteiger partial charge < -0.3 is 10.2 Å². The normalized spacial score (nSPS) is 18.7. The largest absolute Gasteiger partial charge is 0.379 e. The predicted molar refractivity (Wildman–Crippen MR) is 57.4 cm³/mol. The summed E-state index contributed by atoms with van der Waals surface area (Å²) in [4.78, 5) is 2.11. The van der Waals surface area contributed by atoms with Crippen LogP contribution in [0, 0.1) is 5.82 Å². The second-order valence-corrected chi connectivity index (χ2v) is 4.36. The van der Waals surface area contributed by atoms with Crippen LogP contribution in [0.3, 0.4) is 0 Å². The van der Waals surface area contributed by atoms with E-state index in [9.17, 15) is 4.39 Å².